The smallest absolute Gasteiger partial charge is 0.273 e. The maximum absolute atomic E-state index is 11.7. The molecule has 2 aromatic rings. The molecule has 0 spiro atoms. The number of H-pyrrole nitrogens is 1. The number of nitrogens with zero attached hydrogens (tertiary/aromatic N) is 1. The lowest BCUT2D eigenvalue weighted by Crippen LogP contribution is -2.12. The summed E-state index contributed by atoms with van der Waals surface area (Å²) >= 11 is 0. The van der Waals surface area contributed by atoms with Crippen LogP contribution in [-0.2, 0) is 0 Å². The van der Waals surface area contributed by atoms with E-state index in [0.717, 1.165) is 6.07 Å². The number of carbonyl (C=O) groups is 1. The minimum absolute atomic E-state index is 0.111. The Morgan fingerprint density at radius 1 is 1.39 bits per heavy atom. The Labute approximate surface area is 101 Å². The van der Waals surface area contributed by atoms with Gasteiger partial charge in [-0.15, -0.1) is 0 Å². The maximum Gasteiger partial charge on any atom is 0.273 e. The standard InChI is InChI=1S/C11H9N3O4/c15-10-6-7(14(17)18)3-4-8(10)13-11(16)9-2-1-5-12-9/h1-6,12,15H,(H,13,16). The molecule has 92 valence electrons. The van der Waals surface area contributed by atoms with Crippen LogP contribution in [0.25, 0.3) is 0 Å². The largest absolute Gasteiger partial charge is 0.506 e. The highest BCUT2D eigenvalue weighted by molar-refractivity contribution is 6.03. The van der Waals surface area contributed by atoms with Crippen LogP contribution in [0.4, 0.5) is 11.4 Å². The Balaban J connectivity index is 2.20. The number of nitrogens with one attached hydrogen (secondary N) is 2. The summed E-state index contributed by atoms with van der Waals surface area (Å²) in [5.74, 6) is -0.798. The number of phenolic OH excluding ortho intramolecular Hbond substituents is 1. The van der Waals surface area contributed by atoms with Crippen molar-refractivity contribution in [3.05, 3.63) is 52.3 Å². The zero-order chi connectivity index (χ0) is 13.1. The van der Waals surface area contributed by atoms with E-state index in [0.29, 0.717) is 5.69 Å². The molecule has 0 aliphatic rings. The van der Waals surface area contributed by atoms with Crippen LogP contribution in [0.1, 0.15) is 10.5 Å². The summed E-state index contributed by atoms with van der Waals surface area (Å²) in [6, 6.07) is 6.67. The van der Waals surface area contributed by atoms with Crippen molar-refractivity contribution < 1.29 is 14.8 Å². The number of hydrogen-bond acceptors (Lipinski definition) is 4. The Hall–Kier alpha value is -2.83. The van der Waals surface area contributed by atoms with Gasteiger partial charge in [0.05, 0.1) is 16.7 Å². The number of benzene rings is 1. The second kappa shape index (κ2) is 4.58. The topological polar surface area (TPSA) is 108 Å². The van der Waals surface area contributed by atoms with E-state index in [1.165, 1.54) is 12.1 Å². The molecule has 0 radical (unpaired) electrons. The van der Waals surface area contributed by atoms with Crippen LogP contribution in [0, 0.1) is 10.1 Å². The lowest BCUT2D eigenvalue weighted by molar-refractivity contribution is -0.384. The van der Waals surface area contributed by atoms with Gasteiger partial charge in [0.1, 0.15) is 11.4 Å². The number of phenols is 1. The summed E-state index contributed by atoms with van der Waals surface area (Å²) < 4.78 is 0. The molecule has 7 heteroatoms. The van der Waals surface area contributed by atoms with E-state index in [-0.39, 0.29) is 17.1 Å². The number of anilines is 1. The number of aromatic nitrogens is 1. The predicted octanol–water partition coefficient (Wildman–Crippen LogP) is 1.88. The summed E-state index contributed by atoms with van der Waals surface area (Å²) in [6.45, 7) is 0. The number of aromatic amines is 1. The van der Waals surface area contributed by atoms with Gasteiger partial charge in [0.2, 0.25) is 0 Å². The van der Waals surface area contributed by atoms with E-state index < -0.39 is 10.8 Å². The third-order valence-corrected chi connectivity index (χ3v) is 2.28. The van der Waals surface area contributed by atoms with Crippen molar-refractivity contribution in [3.63, 3.8) is 0 Å². The van der Waals surface area contributed by atoms with Crippen molar-refractivity contribution in [2.75, 3.05) is 5.32 Å². The highest BCUT2D eigenvalue weighted by atomic mass is 16.6. The first-order chi connectivity index (χ1) is 8.58. The summed E-state index contributed by atoms with van der Waals surface area (Å²) in [6.07, 6.45) is 1.59. The fourth-order valence-corrected chi connectivity index (χ4v) is 1.40. The molecular weight excluding hydrogens is 238 g/mol. The van der Waals surface area contributed by atoms with Gasteiger partial charge in [0, 0.05) is 12.3 Å². The highest BCUT2D eigenvalue weighted by Crippen LogP contribution is 2.28. The van der Waals surface area contributed by atoms with Crippen LogP contribution < -0.4 is 5.32 Å². The monoisotopic (exact) mass is 247 g/mol. The van der Waals surface area contributed by atoms with Crippen molar-refractivity contribution in [1.29, 1.82) is 0 Å². The third-order valence-electron chi connectivity index (χ3n) is 2.28. The first kappa shape index (κ1) is 11.6. The Kier molecular flexibility index (Phi) is 2.96. The molecule has 7 nitrogen and oxygen atoms in total. The van der Waals surface area contributed by atoms with E-state index in [1.807, 2.05) is 0 Å². The Morgan fingerprint density at radius 3 is 2.72 bits per heavy atom. The van der Waals surface area contributed by atoms with Gasteiger partial charge in [0.25, 0.3) is 11.6 Å². The number of rotatable bonds is 3. The number of nitro groups is 1. The number of nitro benzene ring substituents is 1. The summed E-state index contributed by atoms with van der Waals surface area (Å²) in [5.41, 5.74) is 0.193. The van der Waals surface area contributed by atoms with Crippen molar-refractivity contribution in [3.8, 4) is 5.75 Å². The van der Waals surface area contributed by atoms with Gasteiger partial charge in [-0.1, -0.05) is 0 Å². The molecule has 0 bridgehead atoms. The highest BCUT2D eigenvalue weighted by Gasteiger charge is 2.13. The lowest BCUT2D eigenvalue weighted by Gasteiger charge is -2.05. The van der Waals surface area contributed by atoms with E-state index in [4.69, 9.17) is 0 Å². The molecule has 3 N–H and O–H groups in total. The second-order valence-electron chi connectivity index (χ2n) is 3.50. The molecule has 1 amide bonds. The van der Waals surface area contributed by atoms with Crippen molar-refractivity contribution >= 4 is 17.3 Å². The molecule has 2 rings (SSSR count). The summed E-state index contributed by atoms with van der Waals surface area (Å²) in [5, 5.41) is 22.5. The Bertz CT molecular complexity index is 592. The van der Waals surface area contributed by atoms with Crippen LogP contribution in [0.3, 0.4) is 0 Å². The van der Waals surface area contributed by atoms with E-state index >= 15 is 0 Å². The quantitative estimate of drug-likeness (QED) is 0.437. The molecule has 0 saturated heterocycles. The maximum atomic E-state index is 11.7. The predicted molar refractivity (Wildman–Crippen MR) is 63.5 cm³/mol. The molecule has 0 atom stereocenters. The first-order valence-corrected chi connectivity index (χ1v) is 5.00. The van der Waals surface area contributed by atoms with E-state index in [9.17, 15) is 20.0 Å². The molecule has 1 heterocycles. The molecule has 0 unspecified atom stereocenters. The van der Waals surface area contributed by atoms with Crippen LogP contribution in [0.5, 0.6) is 5.75 Å². The lowest BCUT2D eigenvalue weighted by atomic mass is 10.2. The van der Waals surface area contributed by atoms with Gasteiger partial charge in [-0.05, 0) is 18.2 Å². The molecule has 0 aliphatic carbocycles. The van der Waals surface area contributed by atoms with Gasteiger partial charge in [-0.3, -0.25) is 14.9 Å². The van der Waals surface area contributed by atoms with E-state index in [2.05, 4.69) is 10.3 Å². The molecule has 0 aliphatic heterocycles. The zero-order valence-corrected chi connectivity index (χ0v) is 9.08. The molecular formula is C11H9N3O4. The van der Waals surface area contributed by atoms with Crippen molar-refractivity contribution in [2.45, 2.75) is 0 Å². The third kappa shape index (κ3) is 2.29. The number of aromatic hydroxyl groups is 1. The molecule has 1 aromatic carbocycles. The van der Waals surface area contributed by atoms with Crippen molar-refractivity contribution in [2.24, 2.45) is 0 Å². The fourth-order valence-electron chi connectivity index (χ4n) is 1.40. The van der Waals surface area contributed by atoms with Gasteiger partial charge in [-0.2, -0.15) is 0 Å². The first-order valence-electron chi connectivity index (χ1n) is 5.00. The van der Waals surface area contributed by atoms with Crippen LogP contribution in [0.2, 0.25) is 0 Å². The summed E-state index contributed by atoms with van der Waals surface area (Å²) in [4.78, 5) is 24.2. The number of amides is 1. The van der Waals surface area contributed by atoms with Crippen molar-refractivity contribution in [1.82, 2.24) is 4.98 Å². The number of carbonyl (C=O) groups excluding carboxylic acids is 1. The van der Waals surface area contributed by atoms with Gasteiger partial charge in [-0.25, -0.2) is 0 Å². The zero-order valence-electron chi connectivity index (χ0n) is 9.08. The van der Waals surface area contributed by atoms with Crippen LogP contribution in [-0.4, -0.2) is 20.9 Å². The SMILES string of the molecule is O=C(Nc1ccc([N+](=O)[O-])cc1O)c1ccc[nH]1. The second-order valence-corrected chi connectivity index (χ2v) is 3.50. The average Bonchev–Trinajstić information content (AvgIpc) is 2.85. The average molecular weight is 247 g/mol. The number of non-ortho nitro benzene ring substituents is 1. The minimum Gasteiger partial charge on any atom is -0.506 e. The van der Waals surface area contributed by atoms with Gasteiger partial charge in [0.15, 0.2) is 0 Å². The molecule has 0 fully saturated rings. The van der Waals surface area contributed by atoms with Crippen LogP contribution >= 0.6 is 0 Å². The van der Waals surface area contributed by atoms with Crippen LogP contribution in [0.15, 0.2) is 36.5 Å². The summed E-state index contributed by atoms with van der Waals surface area (Å²) in [7, 11) is 0. The van der Waals surface area contributed by atoms with Gasteiger partial charge >= 0.3 is 0 Å². The van der Waals surface area contributed by atoms with E-state index in [1.54, 1.807) is 18.3 Å². The Morgan fingerprint density at radius 2 is 2.17 bits per heavy atom. The van der Waals surface area contributed by atoms with Gasteiger partial charge < -0.3 is 15.4 Å². The number of hydrogen-bond donors (Lipinski definition) is 3. The normalized spacial score (nSPS) is 10.0. The molecule has 18 heavy (non-hydrogen) atoms. The molecule has 1 aromatic heterocycles. The minimum atomic E-state index is -0.629. The fraction of sp³-hybridized carbons (Fsp3) is 0. The molecule has 0 saturated carbocycles.